The summed E-state index contributed by atoms with van der Waals surface area (Å²) in [5.74, 6) is 0.845. The van der Waals surface area contributed by atoms with Gasteiger partial charge in [0, 0.05) is 5.56 Å². The van der Waals surface area contributed by atoms with Gasteiger partial charge in [-0.25, -0.2) is 0 Å². The second kappa shape index (κ2) is 4.65. The van der Waals surface area contributed by atoms with Crippen molar-refractivity contribution in [1.29, 1.82) is 0 Å². The molecule has 1 aromatic carbocycles. The Balaban J connectivity index is 2.75. The molecular formula is C10H11BO. The van der Waals surface area contributed by atoms with Crippen LogP contribution in [-0.2, 0) is 0 Å². The van der Waals surface area contributed by atoms with E-state index in [9.17, 15) is 0 Å². The second-order valence-corrected chi connectivity index (χ2v) is 2.38. The van der Waals surface area contributed by atoms with E-state index in [1.165, 1.54) is 0 Å². The van der Waals surface area contributed by atoms with Gasteiger partial charge in [0.1, 0.15) is 5.75 Å². The molecule has 0 N–H and O–H groups in total. The van der Waals surface area contributed by atoms with Crippen LogP contribution in [0.1, 0.15) is 5.56 Å². The van der Waals surface area contributed by atoms with E-state index in [0.29, 0.717) is 12.9 Å². The van der Waals surface area contributed by atoms with Crippen LogP contribution in [0.15, 0.2) is 30.8 Å². The number of benzene rings is 1. The largest absolute Gasteiger partial charge is 0.494 e. The van der Waals surface area contributed by atoms with Crippen molar-refractivity contribution >= 4 is 13.9 Å². The first-order valence-electron chi connectivity index (χ1n) is 3.93. The molecule has 1 nitrogen and oxygen atoms in total. The maximum atomic E-state index is 5.38. The summed E-state index contributed by atoms with van der Waals surface area (Å²) in [6.45, 7) is 4.23. The van der Waals surface area contributed by atoms with E-state index in [-0.39, 0.29) is 0 Å². The Morgan fingerprint density at radius 2 is 2.17 bits per heavy atom. The fraction of sp³-hybridized carbons (Fsp3) is 0.200. The molecule has 0 heterocycles. The van der Waals surface area contributed by atoms with Gasteiger partial charge in [-0.15, -0.1) is 0 Å². The van der Waals surface area contributed by atoms with Crippen LogP contribution >= 0.6 is 0 Å². The lowest BCUT2D eigenvalue weighted by Gasteiger charge is -2.06. The topological polar surface area (TPSA) is 9.23 Å². The lowest BCUT2D eigenvalue weighted by atomic mass is 10.1. The molecule has 0 saturated carbocycles. The van der Waals surface area contributed by atoms with Gasteiger partial charge in [0.05, 0.1) is 14.5 Å². The van der Waals surface area contributed by atoms with Gasteiger partial charge < -0.3 is 4.74 Å². The van der Waals surface area contributed by atoms with Gasteiger partial charge in [0.2, 0.25) is 0 Å². The van der Waals surface area contributed by atoms with E-state index in [2.05, 4.69) is 6.58 Å². The molecule has 12 heavy (non-hydrogen) atoms. The predicted molar refractivity (Wildman–Crippen MR) is 52.6 cm³/mol. The van der Waals surface area contributed by atoms with Crippen molar-refractivity contribution in [2.75, 3.05) is 6.61 Å². The van der Waals surface area contributed by atoms with Crippen LogP contribution in [0.25, 0.3) is 6.08 Å². The van der Waals surface area contributed by atoms with Crippen LogP contribution in [0.4, 0.5) is 0 Å². The molecule has 0 bridgehead atoms. The van der Waals surface area contributed by atoms with Crippen molar-refractivity contribution in [2.45, 2.75) is 6.32 Å². The summed E-state index contributed by atoms with van der Waals surface area (Å²) >= 11 is 0. The average molecular weight is 158 g/mol. The predicted octanol–water partition coefficient (Wildman–Crippen LogP) is 2.30. The lowest BCUT2D eigenvalue weighted by molar-refractivity contribution is 0.339. The highest BCUT2D eigenvalue weighted by Gasteiger charge is 1.96. The summed E-state index contributed by atoms with van der Waals surface area (Å²) < 4.78 is 5.38. The van der Waals surface area contributed by atoms with Gasteiger partial charge >= 0.3 is 0 Å². The molecule has 0 spiro atoms. The zero-order chi connectivity index (χ0) is 8.81. The minimum Gasteiger partial charge on any atom is -0.494 e. The van der Waals surface area contributed by atoms with Crippen molar-refractivity contribution in [2.24, 2.45) is 0 Å². The van der Waals surface area contributed by atoms with Crippen LogP contribution in [0.2, 0.25) is 6.32 Å². The summed E-state index contributed by atoms with van der Waals surface area (Å²) in [4.78, 5) is 0. The SMILES string of the molecule is [B]CCOc1ccccc1C=C. The molecule has 1 rings (SSSR count). The third kappa shape index (κ3) is 2.16. The van der Waals surface area contributed by atoms with Gasteiger partial charge in [-0.3, -0.25) is 0 Å². The second-order valence-electron chi connectivity index (χ2n) is 2.38. The molecule has 0 aromatic heterocycles. The average Bonchev–Trinajstić information content (AvgIpc) is 2.15. The summed E-state index contributed by atoms with van der Waals surface area (Å²) in [7, 11) is 5.32. The number of hydrogen-bond donors (Lipinski definition) is 0. The highest BCUT2D eigenvalue weighted by molar-refractivity contribution is 6.08. The van der Waals surface area contributed by atoms with E-state index in [4.69, 9.17) is 12.6 Å². The Labute approximate surface area is 74.5 Å². The Hall–Kier alpha value is -1.18. The fourth-order valence-corrected chi connectivity index (χ4v) is 0.949. The number of ether oxygens (including phenoxy) is 1. The van der Waals surface area contributed by atoms with Gasteiger partial charge in [-0.1, -0.05) is 37.2 Å². The van der Waals surface area contributed by atoms with Crippen molar-refractivity contribution in [3.8, 4) is 5.75 Å². The molecule has 0 aliphatic carbocycles. The molecule has 2 heteroatoms. The van der Waals surface area contributed by atoms with E-state index in [0.717, 1.165) is 11.3 Å². The van der Waals surface area contributed by atoms with Crippen molar-refractivity contribution < 1.29 is 4.74 Å². The van der Waals surface area contributed by atoms with Gasteiger partial charge in [-0.2, -0.15) is 0 Å². The summed E-state index contributed by atoms with van der Waals surface area (Å²) in [6, 6.07) is 7.75. The van der Waals surface area contributed by atoms with Crippen LogP contribution < -0.4 is 4.74 Å². The number of rotatable bonds is 4. The number of hydrogen-bond acceptors (Lipinski definition) is 1. The molecule has 0 aliphatic rings. The van der Waals surface area contributed by atoms with Crippen molar-refractivity contribution in [3.63, 3.8) is 0 Å². The zero-order valence-electron chi connectivity index (χ0n) is 6.99. The molecule has 0 saturated heterocycles. The molecule has 0 atom stereocenters. The van der Waals surface area contributed by atoms with Gasteiger partial charge in [0.15, 0.2) is 0 Å². The standard InChI is InChI=1S/C10H11BO/c1-2-9-5-3-4-6-10(9)12-8-7-11/h2-6H,1,7-8H2. The normalized spacial score (nSPS) is 9.33. The first-order valence-corrected chi connectivity index (χ1v) is 3.93. The summed E-state index contributed by atoms with van der Waals surface area (Å²) in [5, 5.41) is 0. The monoisotopic (exact) mass is 158 g/mol. The van der Waals surface area contributed by atoms with E-state index < -0.39 is 0 Å². The molecular weight excluding hydrogens is 147 g/mol. The first-order chi connectivity index (χ1) is 5.88. The zero-order valence-corrected chi connectivity index (χ0v) is 6.99. The molecule has 0 aliphatic heterocycles. The first kappa shape index (κ1) is 8.92. The Morgan fingerprint density at radius 3 is 2.83 bits per heavy atom. The van der Waals surface area contributed by atoms with Crippen LogP contribution in [0, 0.1) is 0 Å². The van der Waals surface area contributed by atoms with Crippen molar-refractivity contribution in [1.82, 2.24) is 0 Å². The highest BCUT2D eigenvalue weighted by atomic mass is 16.5. The van der Waals surface area contributed by atoms with Crippen LogP contribution in [0.5, 0.6) is 5.75 Å². The Kier molecular flexibility index (Phi) is 3.46. The number of para-hydroxylation sites is 1. The minimum absolute atomic E-state index is 0.533. The van der Waals surface area contributed by atoms with E-state index >= 15 is 0 Å². The summed E-state index contributed by atoms with van der Waals surface area (Å²) in [6.07, 6.45) is 2.30. The quantitative estimate of drug-likeness (QED) is 0.610. The van der Waals surface area contributed by atoms with E-state index in [1.54, 1.807) is 6.08 Å². The van der Waals surface area contributed by atoms with E-state index in [1.807, 2.05) is 24.3 Å². The van der Waals surface area contributed by atoms with Gasteiger partial charge in [-0.05, 0) is 6.07 Å². The lowest BCUT2D eigenvalue weighted by Crippen LogP contribution is -1.96. The molecule has 0 unspecified atom stereocenters. The molecule has 0 fully saturated rings. The van der Waals surface area contributed by atoms with Gasteiger partial charge in [0.25, 0.3) is 0 Å². The molecule has 1 aromatic rings. The molecule has 2 radical (unpaired) electrons. The Bertz CT molecular complexity index is 258. The highest BCUT2D eigenvalue weighted by Crippen LogP contribution is 2.18. The maximum Gasteiger partial charge on any atom is 0.126 e. The molecule has 0 amide bonds. The third-order valence-electron chi connectivity index (χ3n) is 1.51. The van der Waals surface area contributed by atoms with Crippen LogP contribution in [-0.4, -0.2) is 14.5 Å². The Morgan fingerprint density at radius 1 is 1.42 bits per heavy atom. The molecule has 60 valence electrons. The maximum absolute atomic E-state index is 5.38. The summed E-state index contributed by atoms with van der Waals surface area (Å²) in [5.41, 5.74) is 1.01. The smallest absolute Gasteiger partial charge is 0.126 e. The van der Waals surface area contributed by atoms with Crippen LogP contribution in [0.3, 0.4) is 0 Å². The third-order valence-corrected chi connectivity index (χ3v) is 1.51. The fourth-order valence-electron chi connectivity index (χ4n) is 0.949. The minimum atomic E-state index is 0.533. The van der Waals surface area contributed by atoms with Crippen molar-refractivity contribution in [3.05, 3.63) is 36.4 Å².